The van der Waals surface area contributed by atoms with Gasteiger partial charge in [-0.25, -0.2) is 8.42 Å². The normalized spacial score (nSPS) is 11.8. The number of nitriles is 1. The predicted molar refractivity (Wildman–Crippen MR) is 131 cm³/mol. The summed E-state index contributed by atoms with van der Waals surface area (Å²) in [5, 5.41) is 30.5. The van der Waals surface area contributed by atoms with Gasteiger partial charge in [0.2, 0.25) is 19.3 Å². The van der Waals surface area contributed by atoms with Gasteiger partial charge in [-0.15, -0.1) is 10.2 Å². The molecule has 0 aliphatic heterocycles. The maximum absolute atomic E-state index is 12.5. The number of nitro benzene ring substituents is 1. The highest BCUT2D eigenvalue weighted by molar-refractivity contribution is 7.93. The van der Waals surface area contributed by atoms with Crippen LogP contribution in [-0.2, 0) is 14.6 Å². The summed E-state index contributed by atoms with van der Waals surface area (Å²) in [6.45, 7) is 5.60. The molecule has 2 heterocycles. The van der Waals surface area contributed by atoms with Crippen molar-refractivity contribution in [2.24, 2.45) is 5.92 Å². The lowest BCUT2D eigenvalue weighted by Crippen LogP contribution is -2.13. The second kappa shape index (κ2) is 11.1. The van der Waals surface area contributed by atoms with Crippen LogP contribution in [0, 0.1) is 27.4 Å². The maximum atomic E-state index is 12.5. The molecule has 12 nitrogen and oxygen atoms in total. The summed E-state index contributed by atoms with van der Waals surface area (Å²) in [7, 11) is -3.65. The molecule has 14 heteroatoms. The SMILES string of the molecule is CCOc1ccc(-c2ccc(C=C(C#N)C(=O)Nc3nnc(S(=O)(=O)CC(C)C)s3)o2)c([N+](=O)[O-])c1. The number of furan rings is 1. The van der Waals surface area contributed by atoms with E-state index in [-0.39, 0.29) is 49.5 Å². The van der Waals surface area contributed by atoms with Gasteiger partial charge >= 0.3 is 0 Å². The van der Waals surface area contributed by atoms with E-state index in [1.807, 2.05) is 0 Å². The fraction of sp³-hybridized carbons (Fsp3) is 0.273. The first-order chi connectivity index (χ1) is 17.0. The molecular weight excluding hydrogens is 510 g/mol. The summed E-state index contributed by atoms with van der Waals surface area (Å²) in [6.07, 6.45) is 1.15. The fourth-order valence-electron chi connectivity index (χ4n) is 3.05. The minimum absolute atomic E-state index is 0.0892. The molecule has 0 aliphatic carbocycles. The number of aromatic nitrogens is 2. The molecule has 0 saturated carbocycles. The standard InChI is InChI=1S/C22H21N5O7S2/c1-4-33-15-5-7-17(18(10-15)27(29)30)19-8-6-16(34-19)9-14(11-23)20(28)24-21-25-26-22(35-21)36(31,32)12-13(2)3/h5-10,13H,4,12H2,1-3H3,(H,24,25,28). The number of carbonyl (C=O) groups excluding carboxylic acids is 1. The highest BCUT2D eigenvalue weighted by Gasteiger charge is 2.23. The second-order valence-electron chi connectivity index (χ2n) is 7.74. The van der Waals surface area contributed by atoms with Crippen LogP contribution in [0.25, 0.3) is 17.4 Å². The number of ether oxygens (including phenoxy) is 1. The van der Waals surface area contributed by atoms with Gasteiger partial charge < -0.3 is 9.15 Å². The lowest BCUT2D eigenvalue weighted by atomic mass is 10.1. The summed E-state index contributed by atoms with van der Waals surface area (Å²) in [5.41, 5.74) is -0.405. The van der Waals surface area contributed by atoms with E-state index in [1.165, 1.54) is 24.3 Å². The lowest BCUT2D eigenvalue weighted by molar-refractivity contribution is -0.384. The zero-order chi connectivity index (χ0) is 26.5. The number of anilines is 1. The Morgan fingerprint density at radius 2 is 2.08 bits per heavy atom. The summed E-state index contributed by atoms with van der Waals surface area (Å²) >= 11 is 0.678. The van der Waals surface area contributed by atoms with E-state index in [0.29, 0.717) is 23.7 Å². The largest absolute Gasteiger partial charge is 0.494 e. The molecule has 36 heavy (non-hydrogen) atoms. The van der Waals surface area contributed by atoms with Gasteiger partial charge in [0.15, 0.2) is 0 Å². The van der Waals surface area contributed by atoms with Gasteiger partial charge in [-0.3, -0.25) is 20.2 Å². The molecule has 1 N–H and O–H groups in total. The van der Waals surface area contributed by atoms with Gasteiger partial charge in [0.05, 0.1) is 28.9 Å². The molecule has 0 aliphatic rings. The number of nitro groups is 1. The van der Waals surface area contributed by atoms with Gasteiger partial charge in [-0.2, -0.15) is 5.26 Å². The average molecular weight is 532 g/mol. The Bertz CT molecular complexity index is 1470. The van der Waals surface area contributed by atoms with Crippen LogP contribution >= 0.6 is 11.3 Å². The first kappa shape index (κ1) is 26.5. The van der Waals surface area contributed by atoms with Crippen LogP contribution in [0.5, 0.6) is 5.75 Å². The smallest absolute Gasteiger partial charge is 0.284 e. The average Bonchev–Trinajstić information content (AvgIpc) is 3.47. The van der Waals surface area contributed by atoms with Gasteiger partial charge in [-0.05, 0) is 37.1 Å². The minimum Gasteiger partial charge on any atom is -0.494 e. The third-order valence-electron chi connectivity index (χ3n) is 4.47. The molecule has 0 fully saturated rings. The molecule has 0 bridgehead atoms. The van der Waals surface area contributed by atoms with Crippen molar-refractivity contribution in [1.82, 2.24) is 10.2 Å². The molecule has 1 amide bonds. The molecule has 3 aromatic rings. The summed E-state index contributed by atoms with van der Waals surface area (Å²) in [6, 6.07) is 8.98. The molecule has 0 atom stereocenters. The van der Waals surface area contributed by atoms with E-state index in [4.69, 9.17) is 9.15 Å². The van der Waals surface area contributed by atoms with Crippen LogP contribution in [0.1, 0.15) is 26.5 Å². The topological polar surface area (TPSA) is 178 Å². The molecule has 0 unspecified atom stereocenters. The Balaban J connectivity index is 1.81. The fourth-order valence-corrected chi connectivity index (χ4v) is 5.66. The minimum atomic E-state index is -3.65. The van der Waals surface area contributed by atoms with Gasteiger partial charge in [0.1, 0.15) is 28.9 Å². The van der Waals surface area contributed by atoms with Crippen molar-refractivity contribution in [3.05, 3.63) is 51.8 Å². The molecule has 3 rings (SSSR count). The third-order valence-corrected chi connectivity index (χ3v) is 7.83. The van der Waals surface area contributed by atoms with Crippen LogP contribution in [0.15, 0.2) is 44.7 Å². The number of nitrogens with zero attached hydrogens (tertiary/aromatic N) is 4. The number of rotatable bonds is 10. The van der Waals surface area contributed by atoms with E-state index < -0.39 is 20.7 Å². The summed E-state index contributed by atoms with van der Waals surface area (Å²) < 4.78 is 35.3. The van der Waals surface area contributed by atoms with Gasteiger partial charge in [0.25, 0.3) is 11.6 Å². The van der Waals surface area contributed by atoms with Crippen LogP contribution in [-0.4, -0.2) is 41.8 Å². The lowest BCUT2D eigenvalue weighted by Gasteiger charge is -2.05. The van der Waals surface area contributed by atoms with Crippen LogP contribution in [0.4, 0.5) is 10.8 Å². The van der Waals surface area contributed by atoms with Crippen LogP contribution in [0.2, 0.25) is 0 Å². The zero-order valence-electron chi connectivity index (χ0n) is 19.4. The Kier molecular flexibility index (Phi) is 8.18. The van der Waals surface area contributed by atoms with Crippen molar-refractivity contribution in [3.63, 3.8) is 0 Å². The molecule has 2 aromatic heterocycles. The van der Waals surface area contributed by atoms with E-state index in [1.54, 1.807) is 32.9 Å². The van der Waals surface area contributed by atoms with E-state index in [0.717, 1.165) is 6.08 Å². The number of carbonyl (C=O) groups is 1. The molecular formula is C22H21N5O7S2. The van der Waals surface area contributed by atoms with Crippen LogP contribution in [0.3, 0.4) is 0 Å². The predicted octanol–water partition coefficient (Wildman–Crippen LogP) is 4.08. The van der Waals surface area contributed by atoms with Crippen molar-refractivity contribution < 1.29 is 27.3 Å². The first-order valence-electron chi connectivity index (χ1n) is 10.5. The number of benzene rings is 1. The summed E-state index contributed by atoms with van der Waals surface area (Å²) in [4.78, 5) is 23.5. The molecule has 1 aromatic carbocycles. The monoisotopic (exact) mass is 531 g/mol. The molecule has 188 valence electrons. The Labute approximate surface area is 210 Å². The third kappa shape index (κ3) is 6.32. The van der Waals surface area contributed by atoms with Crippen LogP contribution < -0.4 is 10.1 Å². The first-order valence-corrected chi connectivity index (χ1v) is 13.0. The number of nitrogens with one attached hydrogen (secondary N) is 1. The number of hydrogen-bond acceptors (Lipinski definition) is 11. The molecule has 0 radical (unpaired) electrons. The van der Waals surface area contributed by atoms with E-state index >= 15 is 0 Å². The molecule has 0 spiro atoms. The Morgan fingerprint density at radius 3 is 2.72 bits per heavy atom. The molecule has 0 saturated heterocycles. The highest BCUT2D eigenvalue weighted by Crippen LogP contribution is 2.34. The Morgan fingerprint density at radius 1 is 1.33 bits per heavy atom. The summed E-state index contributed by atoms with van der Waals surface area (Å²) in [5.74, 6) is -0.513. The van der Waals surface area contributed by atoms with E-state index in [9.17, 15) is 28.6 Å². The quantitative estimate of drug-likeness (QED) is 0.132. The maximum Gasteiger partial charge on any atom is 0.284 e. The van der Waals surface area contributed by atoms with Gasteiger partial charge in [-0.1, -0.05) is 25.2 Å². The Hall–Kier alpha value is -4.09. The van der Waals surface area contributed by atoms with Crippen molar-refractivity contribution in [1.29, 1.82) is 5.26 Å². The van der Waals surface area contributed by atoms with Crippen molar-refractivity contribution in [2.45, 2.75) is 25.1 Å². The zero-order valence-corrected chi connectivity index (χ0v) is 21.1. The van der Waals surface area contributed by atoms with Crippen molar-refractivity contribution in [3.8, 4) is 23.1 Å². The number of sulfone groups is 1. The van der Waals surface area contributed by atoms with Gasteiger partial charge in [0, 0.05) is 6.08 Å². The number of hydrogen-bond donors (Lipinski definition) is 1. The second-order valence-corrected chi connectivity index (χ2v) is 10.9. The highest BCUT2D eigenvalue weighted by atomic mass is 32.2. The van der Waals surface area contributed by atoms with Crippen molar-refractivity contribution >= 4 is 44.0 Å². The number of amides is 1. The van der Waals surface area contributed by atoms with E-state index in [2.05, 4.69) is 15.5 Å². The van der Waals surface area contributed by atoms with Crippen molar-refractivity contribution in [2.75, 3.05) is 17.7 Å².